The van der Waals surface area contributed by atoms with Gasteiger partial charge in [0.15, 0.2) is 5.78 Å². The number of ketones is 1. The highest BCUT2D eigenvalue weighted by Gasteiger charge is 2.46. The molecular formula is C15H29O5P. The molecule has 1 aliphatic rings. The topological polar surface area (TPSA) is 72.8 Å². The number of phosphoric ester groups is 1. The van der Waals surface area contributed by atoms with Crippen molar-refractivity contribution in [1.29, 1.82) is 0 Å². The van der Waals surface area contributed by atoms with Crippen LogP contribution in [-0.4, -0.2) is 23.4 Å². The Morgan fingerprint density at radius 1 is 1.19 bits per heavy atom. The third-order valence-corrected chi connectivity index (χ3v) is 6.09. The number of carbonyl (C=O) groups excluding carboxylic acids is 1. The lowest BCUT2D eigenvalue weighted by Crippen LogP contribution is -2.47. The van der Waals surface area contributed by atoms with Gasteiger partial charge in [-0.05, 0) is 23.7 Å². The Labute approximate surface area is 128 Å². The largest absolute Gasteiger partial charge is 0.472 e. The van der Waals surface area contributed by atoms with Gasteiger partial charge in [-0.25, -0.2) is 4.57 Å². The quantitative estimate of drug-likeness (QED) is 0.756. The molecule has 7 atom stereocenters. The van der Waals surface area contributed by atoms with Crippen molar-refractivity contribution in [3.8, 4) is 0 Å². The molecule has 0 radical (unpaired) electrons. The van der Waals surface area contributed by atoms with E-state index in [0.717, 1.165) is 6.42 Å². The summed E-state index contributed by atoms with van der Waals surface area (Å²) >= 11 is 0. The van der Waals surface area contributed by atoms with Crippen LogP contribution < -0.4 is 0 Å². The summed E-state index contributed by atoms with van der Waals surface area (Å²) in [5.41, 5.74) is 0. The van der Waals surface area contributed by atoms with Crippen LogP contribution >= 0.6 is 7.82 Å². The number of carbonyl (C=O) groups is 1. The number of Topliss-reactive ketones (excluding diaryl/α,β-unsaturated/α-hetero) is 1. The smallest absolute Gasteiger partial charge is 0.302 e. The Hall–Kier alpha value is -0.220. The first-order valence-corrected chi connectivity index (χ1v) is 9.29. The molecule has 0 aromatic rings. The lowest BCUT2D eigenvalue weighted by Gasteiger charge is -2.41. The minimum atomic E-state index is -4.20. The SMILES string of the molecule is CC[C@@H](C)COP(=O)(O)OC1C(=O)C(C)C(C)C(C)C1C. The van der Waals surface area contributed by atoms with E-state index < -0.39 is 13.9 Å². The van der Waals surface area contributed by atoms with Crippen molar-refractivity contribution in [2.75, 3.05) is 6.61 Å². The highest BCUT2D eigenvalue weighted by atomic mass is 31.2. The Bertz CT molecular complexity index is 411. The van der Waals surface area contributed by atoms with E-state index in [4.69, 9.17) is 9.05 Å². The van der Waals surface area contributed by atoms with Gasteiger partial charge in [0.1, 0.15) is 6.10 Å². The molecule has 124 valence electrons. The van der Waals surface area contributed by atoms with Crippen LogP contribution in [-0.2, 0) is 18.4 Å². The van der Waals surface area contributed by atoms with Crippen molar-refractivity contribution in [2.45, 2.75) is 54.1 Å². The van der Waals surface area contributed by atoms with Crippen LogP contribution in [0.5, 0.6) is 0 Å². The molecule has 0 saturated heterocycles. The fourth-order valence-electron chi connectivity index (χ4n) is 2.65. The van der Waals surface area contributed by atoms with Gasteiger partial charge < -0.3 is 4.89 Å². The first-order valence-electron chi connectivity index (χ1n) is 7.80. The summed E-state index contributed by atoms with van der Waals surface area (Å²) in [5, 5.41) is 0. The normalized spacial score (nSPS) is 38.0. The third kappa shape index (κ3) is 4.62. The molecule has 0 aromatic carbocycles. The minimum absolute atomic E-state index is 0.101. The fourth-order valence-corrected chi connectivity index (χ4v) is 3.73. The van der Waals surface area contributed by atoms with Crippen molar-refractivity contribution >= 4 is 13.6 Å². The van der Waals surface area contributed by atoms with Gasteiger partial charge in [-0.15, -0.1) is 0 Å². The molecule has 0 bridgehead atoms. The maximum atomic E-state index is 12.4. The average molecular weight is 320 g/mol. The highest BCUT2D eigenvalue weighted by molar-refractivity contribution is 7.47. The second-order valence-electron chi connectivity index (χ2n) is 6.57. The summed E-state index contributed by atoms with van der Waals surface area (Å²) in [6.07, 6.45) is -0.0105. The van der Waals surface area contributed by atoms with Crippen molar-refractivity contribution in [1.82, 2.24) is 0 Å². The molecule has 6 unspecified atom stereocenters. The van der Waals surface area contributed by atoms with Crippen molar-refractivity contribution in [2.24, 2.45) is 29.6 Å². The molecule has 1 saturated carbocycles. The first kappa shape index (κ1) is 18.8. The minimum Gasteiger partial charge on any atom is -0.302 e. The van der Waals surface area contributed by atoms with Crippen molar-refractivity contribution < 1.29 is 23.3 Å². The summed E-state index contributed by atoms with van der Waals surface area (Å²) < 4.78 is 22.3. The van der Waals surface area contributed by atoms with Crippen LogP contribution in [0.25, 0.3) is 0 Å². The third-order valence-electron chi connectivity index (χ3n) is 5.12. The van der Waals surface area contributed by atoms with Crippen molar-refractivity contribution in [3.05, 3.63) is 0 Å². The Morgan fingerprint density at radius 2 is 1.76 bits per heavy atom. The van der Waals surface area contributed by atoms with Gasteiger partial charge in [0.05, 0.1) is 6.61 Å². The van der Waals surface area contributed by atoms with Crippen LogP contribution in [0.2, 0.25) is 0 Å². The molecule has 5 nitrogen and oxygen atoms in total. The zero-order valence-corrected chi connectivity index (χ0v) is 14.8. The van der Waals surface area contributed by atoms with Gasteiger partial charge in [-0.2, -0.15) is 0 Å². The molecule has 0 heterocycles. The van der Waals surface area contributed by atoms with Crippen LogP contribution in [0.1, 0.15) is 48.0 Å². The molecule has 1 fully saturated rings. The van der Waals surface area contributed by atoms with Gasteiger partial charge >= 0.3 is 7.82 Å². The Balaban J connectivity index is 2.75. The molecule has 1 aliphatic carbocycles. The Morgan fingerprint density at radius 3 is 2.29 bits per heavy atom. The molecule has 0 amide bonds. The summed E-state index contributed by atoms with van der Waals surface area (Å²) in [4.78, 5) is 22.2. The summed E-state index contributed by atoms with van der Waals surface area (Å²) in [6.45, 7) is 11.9. The standard InChI is InChI=1S/C15H29O5P/c1-7-9(2)8-19-21(17,18)20-15-13(6)11(4)10(3)12(5)14(15)16/h9-13,15H,7-8H2,1-6H3,(H,17,18)/t9-,10?,11?,12?,13?,15?/m1/s1. The van der Waals surface area contributed by atoms with Gasteiger partial charge in [-0.1, -0.05) is 48.0 Å². The van der Waals surface area contributed by atoms with Gasteiger partial charge in [0.25, 0.3) is 0 Å². The number of hydrogen-bond acceptors (Lipinski definition) is 4. The molecular weight excluding hydrogens is 291 g/mol. The van der Waals surface area contributed by atoms with E-state index in [0.29, 0.717) is 0 Å². The molecule has 0 aromatic heterocycles. The lowest BCUT2D eigenvalue weighted by atomic mass is 9.67. The zero-order chi connectivity index (χ0) is 16.4. The first-order chi connectivity index (χ1) is 9.60. The van der Waals surface area contributed by atoms with E-state index >= 15 is 0 Å². The second-order valence-corrected chi connectivity index (χ2v) is 7.98. The number of phosphoric acid groups is 1. The molecule has 21 heavy (non-hydrogen) atoms. The van der Waals surface area contributed by atoms with Crippen LogP contribution in [0.15, 0.2) is 0 Å². The summed E-state index contributed by atoms with van der Waals surface area (Å²) in [6, 6.07) is 0. The predicted octanol–water partition coefficient (Wildman–Crippen LogP) is 3.66. The summed E-state index contributed by atoms with van der Waals surface area (Å²) in [5.74, 6) is 0.289. The van der Waals surface area contributed by atoms with Gasteiger partial charge in [0, 0.05) is 5.92 Å². The van der Waals surface area contributed by atoms with E-state index in [2.05, 4.69) is 6.92 Å². The lowest BCUT2D eigenvalue weighted by molar-refractivity contribution is -0.142. The maximum absolute atomic E-state index is 12.4. The molecule has 1 rings (SSSR count). The monoisotopic (exact) mass is 320 g/mol. The van der Waals surface area contributed by atoms with Crippen molar-refractivity contribution in [3.63, 3.8) is 0 Å². The van der Waals surface area contributed by atoms with E-state index in [1.807, 2.05) is 34.6 Å². The molecule has 1 N–H and O–H groups in total. The van der Waals surface area contributed by atoms with Crippen LogP contribution in [0.3, 0.4) is 0 Å². The van der Waals surface area contributed by atoms with Crippen LogP contribution in [0, 0.1) is 29.6 Å². The summed E-state index contributed by atoms with van der Waals surface area (Å²) in [7, 11) is -4.20. The van der Waals surface area contributed by atoms with E-state index in [1.165, 1.54) is 0 Å². The molecule has 6 heteroatoms. The zero-order valence-electron chi connectivity index (χ0n) is 13.9. The fraction of sp³-hybridized carbons (Fsp3) is 0.933. The maximum Gasteiger partial charge on any atom is 0.472 e. The van der Waals surface area contributed by atoms with E-state index in [1.54, 1.807) is 0 Å². The van der Waals surface area contributed by atoms with E-state index in [-0.39, 0.29) is 42.0 Å². The highest BCUT2D eigenvalue weighted by Crippen LogP contribution is 2.49. The number of rotatable bonds is 6. The predicted molar refractivity (Wildman–Crippen MR) is 81.8 cm³/mol. The van der Waals surface area contributed by atoms with Gasteiger partial charge in [0.2, 0.25) is 0 Å². The van der Waals surface area contributed by atoms with Crippen LogP contribution in [0.4, 0.5) is 0 Å². The molecule has 0 aliphatic heterocycles. The average Bonchev–Trinajstić information content (AvgIpc) is 2.45. The van der Waals surface area contributed by atoms with Gasteiger partial charge in [-0.3, -0.25) is 13.8 Å². The number of hydrogen-bond donors (Lipinski definition) is 1. The molecule has 0 spiro atoms. The van der Waals surface area contributed by atoms with E-state index in [9.17, 15) is 14.3 Å². The second kappa shape index (κ2) is 7.36. The Kier molecular flexibility index (Phi) is 6.60.